The van der Waals surface area contributed by atoms with E-state index in [4.69, 9.17) is 30.8 Å². The van der Waals surface area contributed by atoms with Crippen LogP contribution in [0.4, 0.5) is 24.8 Å². The topological polar surface area (TPSA) is 81.6 Å². The Hall–Kier alpha value is -4.45. The highest BCUT2D eigenvalue weighted by Crippen LogP contribution is 2.48. The number of nitrogens with one attached hydrogen (secondary N) is 1. The van der Waals surface area contributed by atoms with Gasteiger partial charge in [-0.2, -0.15) is 13.2 Å². The van der Waals surface area contributed by atoms with Gasteiger partial charge in [-0.3, -0.25) is 4.90 Å². The van der Waals surface area contributed by atoms with Gasteiger partial charge in [0.2, 0.25) is 0 Å². The van der Waals surface area contributed by atoms with Gasteiger partial charge in [-0.25, -0.2) is 15.0 Å². The molecular formula is C33H29ClF3N5O3. The Labute approximate surface area is 262 Å². The summed E-state index contributed by atoms with van der Waals surface area (Å²) in [7, 11) is 3.05. The van der Waals surface area contributed by atoms with E-state index in [0.29, 0.717) is 23.3 Å². The number of pyridine rings is 1. The van der Waals surface area contributed by atoms with Gasteiger partial charge in [-0.05, 0) is 24.6 Å². The average Bonchev–Trinajstić information content (AvgIpc) is 3.27. The molecule has 2 unspecified atom stereocenters. The zero-order valence-corrected chi connectivity index (χ0v) is 25.4. The van der Waals surface area contributed by atoms with E-state index >= 15 is 0 Å². The summed E-state index contributed by atoms with van der Waals surface area (Å²) >= 11 is 6.89. The minimum Gasteiger partial charge on any atom is -0.489 e. The first-order valence-corrected chi connectivity index (χ1v) is 14.5. The van der Waals surface area contributed by atoms with Crippen LogP contribution in [0.5, 0.6) is 5.75 Å². The number of aromatic nitrogens is 3. The number of benzene rings is 3. The van der Waals surface area contributed by atoms with Crippen molar-refractivity contribution in [3.63, 3.8) is 0 Å². The molecule has 232 valence electrons. The number of alkyl halides is 3. The van der Waals surface area contributed by atoms with Gasteiger partial charge in [0.25, 0.3) is 0 Å². The van der Waals surface area contributed by atoms with Crippen molar-refractivity contribution in [1.29, 1.82) is 0 Å². The Morgan fingerprint density at radius 3 is 2.13 bits per heavy atom. The molecule has 0 saturated heterocycles. The summed E-state index contributed by atoms with van der Waals surface area (Å²) in [5.74, 6) is 0.881. The minimum absolute atomic E-state index is 0.0154. The third-order valence-electron chi connectivity index (χ3n) is 7.57. The van der Waals surface area contributed by atoms with Crippen molar-refractivity contribution < 1.29 is 27.4 Å². The maximum atomic E-state index is 14.8. The first kappa shape index (κ1) is 30.6. The molecule has 1 aliphatic heterocycles. The zero-order chi connectivity index (χ0) is 31.7. The van der Waals surface area contributed by atoms with Gasteiger partial charge in [0, 0.05) is 30.9 Å². The summed E-state index contributed by atoms with van der Waals surface area (Å²) in [5, 5.41) is 3.60. The maximum absolute atomic E-state index is 14.8. The molecule has 1 aliphatic rings. The van der Waals surface area contributed by atoms with E-state index in [1.807, 2.05) is 60.7 Å². The van der Waals surface area contributed by atoms with Crippen LogP contribution in [0.25, 0.3) is 22.2 Å². The maximum Gasteiger partial charge on any atom is 0.418 e. The van der Waals surface area contributed by atoms with Gasteiger partial charge in [0.05, 0.1) is 33.7 Å². The van der Waals surface area contributed by atoms with E-state index in [9.17, 15) is 13.2 Å². The van der Waals surface area contributed by atoms with Crippen molar-refractivity contribution in [3.8, 4) is 17.0 Å². The lowest BCUT2D eigenvalue weighted by atomic mass is 10.00. The Morgan fingerprint density at radius 2 is 1.56 bits per heavy atom. The first-order valence-electron chi connectivity index (χ1n) is 14.1. The van der Waals surface area contributed by atoms with Crippen LogP contribution in [-0.2, 0) is 15.7 Å². The van der Waals surface area contributed by atoms with Gasteiger partial charge in [0.1, 0.15) is 24.6 Å². The highest BCUT2D eigenvalue weighted by molar-refractivity contribution is 6.36. The van der Waals surface area contributed by atoms with Crippen molar-refractivity contribution in [2.45, 2.75) is 25.6 Å². The molecule has 0 saturated carbocycles. The van der Waals surface area contributed by atoms with Gasteiger partial charge in [-0.1, -0.05) is 72.3 Å². The van der Waals surface area contributed by atoms with Crippen LogP contribution in [-0.4, -0.2) is 42.3 Å². The van der Waals surface area contributed by atoms with E-state index in [-0.39, 0.29) is 40.0 Å². The molecule has 0 aliphatic carbocycles. The molecule has 2 aromatic heterocycles. The number of aryl methyl sites for hydroxylation is 1. The average molecular weight is 636 g/mol. The summed E-state index contributed by atoms with van der Waals surface area (Å²) in [6.07, 6.45) is -5.02. The molecule has 0 radical (unpaired) electrons. The summed E-state index contributed by atoms with van der Waals surface area (Å²) in [6.45, 7) is 2.23. The van der Waals surface area contributed by atoms with E-state index in [1.165, 1.54) is 26.6 Å². The lowest BCUT2D eigenvalue weighted by Gasteiger charge is -2.39. The fourth-order valence-corrected chi connectivity index (χ4v) is 5.91. The molecule has 12 heteroatoms. The lowest BCUT2D eigenvalue weighted by molar-refractivity contribution is -0.137. The van der Waals surface area contributed by atoms with Crippen LogP contribution in [0.2, 0.25) is 5.02 Å². The summed E-state index contributed by atoms with van der Waals surface area (Å²) < 4.78 is 62.3. The molecule has 2 atom stereocenters. The second-order valence-electron chi connectivity index (χ2n) is 10.4. The molecule has 6 rings (SSSR count). The molecule has 3 aromatic carbocycles. The van der Waals surface area contributed by atoms with E-state index in [1.54, 1.807) is 11.8 Å². The lowest BCUT2D eigenvalue weighted by Crippen LogP contribution is -2.36. The Kier molecular flexibility index (Phi) is 8.50. The summed E-state index contributed by atoms with van der Waals surface area (Å²) in [4.78, 5) is 15.1. The fraction of sp³-hybridized carbons (Fsp3) is 0.242. The van der Waals surface area contributed by atoms with Crippen molar-refractivity contribution in [3.05, 3.63) is 106 Å². The fourth-order valence-electron chi connectivity index (χ4n) is 5.62. The summed E-state index contributed by atoms with van der Waals surface area (Å²) in [6, 6.07) is 21.2. The number of methoxy groups -OCH3 is 2. The van der Waals surface area contributed by atoms with Crippen molar-refractivity contribution in [2.24, 2.45) is 0 Å². The number of hydrogen-bond acceptors (Lipinski definition) is 8. The smallest absolute Gasteiger partial charge is 0.418 e. The molecule has 8 nitrogen and oxygen atoms in total. The van der Waals surface area contributed by atoms with Gasteiger partial charge in [-0.15, -0.1) is 0 Å². The number of rotatable bonds is 8. The van der Waals surface area contributed by atoms with E-state index in [0.717, 1.165) is 17.2 Å². The highest BCUT2D eigenvalue weighted by Gasteiger charge is 2.39. The van der Waals surface area contributed by atoms with Crippen LogP contribution in [0.1, 0.15) is 34.7 Å². The van der Waals surface area contributed by atoms with Crippen LogP contribution < -0.4 is 15.0 Å². The van der Waals surface area contributed by atoms with Gasteiger partial charge >= 0.3 is 6.18 Å². The molecule has 5 aromatic rings. The van der Waals surface area contributed by atoms with Gasteiger partial charge in [0.15, 0.2) is 18.2 Å². The molecular weight excluding hydrogens is 607 g/mol. The Morgan fingerprint density at radius 1 is 0.933 bits per heavy atom. The summed E-state index contributed by atoms with van der Waals surface area (Å²) in [5.41, 5.74) is 0.772. The number of hydrogen-bond donors (Lipinski definition) is 1. The number of halogens is 4. The van der Waals surface area contributed by atoms with Crippen LogP contribution in [0, 0.1) is 6.92 Å². The zero-order valence-electron chi connectivity index (χ0n) is 24.6. The first-order chi connectivity index (χ1) is 21.7. The monoisotopic (exact) mass is 635 g/mol. The van der Waals surface area contributed by atoms with Crippen LogP contribution in [0.3, 0.4) is 0 Å². The predicted molar refractivity (Wildman–Crippen MR) is 166 cm³/mol. The standard InChI is InChI=1S/C33H29ClF3N5O3/c1-19-16-23(33(35,36)37)27(22-17-24-25-28(26(22)34)45-15-14-38-29(25)40-18-39-24)41-30(19)42(31(43-2)20-10-6-4-7-11-20)32(44-3)21-12-8-5-9-13-21/h4-13,16-18,31-32H,14-15H2,1-3H3,(H,38,39,40). The van der Waals surface area contributed by atoms with E-state index < -0.39 is 24.2 Å². The molecule has 45 heavy (non-hydrogen) atoms. The molecule has 0 bridgehead atoms. The second kappa shape index (κ2) is 12.5. The van der Waals surface area contributed by atoms with E-state index in [2.05, 4.69) is 15.3 Å². The molecule has 0 amide bonds. The Balaban J connectivity index is 1.65. The molecule has 0 fully saturated rings. The van der Waals surface area contributed by atoms with Gasteiger partial charge < -0.3 is 19.5 Å². The number of ether oxygens (including phenoxy) is 3. The quantitative estimate of drug-likeness (QED) is 0.172. The second-order valence-corrected chi connectivity index (χ2v) is 10.8. The third-order valence-corrected chi connectivity index (χ3v) is 7.95. The predicted octanol–water partition coefficient (Wildman–Crippen LogP) is 7.97. The normalized spacial score (nSPS) is 14.3. The SMILES string of the molecule is COC(c1ccccc1)N(c1nc(-c2cc3ncnc4c3c(c2Cl)OCCN4)c(C(F)(F)F)cc1C)C(OC)c1ccccc1. The largest absolute Gasteiger partial charge is 0.489 e. The van der Waals surface area contributed by atoms with Crippen molar-refractivity contribution in [1.82, 2.24) is 15.0 Å². The number of nitrogens with zero attached hydrogens (tertiary/aromatic N) is 4. The van der Waals surface area contributed by atoms with Crippen LogP contribution >= 0.6 is 11.6 Å². The third kappa shape index (κ3) is 5.74. The highest BCUT2D eigenvalue weighted by atomic mass is 35.5. The van der Waals surface area contributed by atoms with Crippen molar-refractivity contribution in [2.75, 3.05) is 37.6 Å². The van der Waals surface area contributed by atoms with Crippen LogP contribution in [0.15, 0.2) is 79.1 Å². The van der Waals surface area contributed by atoms with Crippen molar-refractivity contribution >= 4 is 34.1 Å². The minimum atomic E-state index is -4.76. The number of anilines is 2. The molecule has 0 spiro atoms. The Bertz CT molecular complexity index is 1780. The molecule has 3 heterocycles. The molecule has 1 N–H and O–H groups in total.